The first-order chi connectivity index (χ1) is 15.3. The SMILES string of the molecule is O=C(NCC1(O)CCCC1)[C@@H]1CC[C@H]2c3ccc(C(F)(C(F)(F)F)C(F)(F)F)cc3CC[C@@H]12. The van der Waals surface area contributed by atoms with Crippen LogP contribution in [0.2, 0.25) is 0 Å². The normalized spacial score (nSPS) is 27.2. The van der Waals surface area contributed by atoms with Crippen molar-refractivity contribution in [2.75, 3.05) is 6.54 Å². The highest BCUT2D eigenvalue weighted by molar-refractivity contribution is 5.79. The Morgan fingerprint density at radius 3 is 2.24 bits per heavy atom. The first kappa shape index (κ1) is 24.3. The molecule has 0 aliphatic heterocycles. The molecule has 3 nitrogen and oxygen atoms in total. The summed E-state index contributed by atoms with van der Waals surface area (Å²) in [5.74, 6) is -0.793. The minimum Gasteiger partial charge on any atom is -0.388 e. The lowest BCUT2D eigenvalue weighted by molar-refractivity contribution is -0.348. The third kappa shape index (κ3) is 4.12. The Morgan fingerprint density at radius 2 is 1.64 bits per heavy atom. The average Bonchev–Trinajstić information content (AvgIpc) is 3.36. The molecule has 0 spiro atoms. The number of benzene rings is 1. The Bertz CT molecular complexity index is 891. The fourth-order valence-electron chi connectivity index (χ4n) is 5.98. The second kappa shape index (κ2) is 8.13. The summed E-state index contributed by atoms with van der Waals surface area (Å²) in [7, 11) is 0. The van der Waals surface area contributed by atoms with Gasteiger partial charge >= 0.3 is 18.0 Å². The topological polar surface area (TPSA) is 49.3 Å². The summed E-state index contributed by atoms with van der Waals surface area (Å²) in [6.07, 6.45) is -7.52. The number of halogens is 7. The molecule has 0 aromatic heterocycles. The average molecular weight is 481 g/mol. The molecule has 3 aliphatic rings. The molecule has 1 aromatic rings. The van der Waals surface area contributed by atoms with Crippen molar-refractivity contribution < 1.29 is 40.6 Å². The minimum absolute atomic E-state index is 0.0954. The molecule has 10 heteroatoms. The zero-order chi connectivity index (χ0) is 24.2. The molecule has 1 aromatic carbocycles. The van der Waals surface area contributed by atoms with Gasteiger partial charge in [0, 0.05) is 18.0 Å². The summed E-state index contributed by atoms with van der Waals surface area (Å²) in [4.78, 5) is 12.8. The molecular weight excluding hydrogens is 455 g/mol. The number of alkyl halides is 7. The lowest BCUT2D eigenvalue weighted by atomic mass is 9.73. The molecule has 33 heavy (non-hydrogen) atoms. The quantitative estimate of drug-likeness (QED) is 0.562. The zero-order valence-electron chi connectivity index (χ0n) is 17.8. The van der Waals surface area contributed by atoms with E-state index in [9.17, 15) is 40.6 Å². The number of carbonyl (C=O) groups excluding carboxylic acids is 1. The van der Waals surface area contributed by atoms with Crippen LogP contribution in [0, 0.1) is 11.8 Å². The van der Waals surface area contributed by atoms with Gasteiger partial charge in [-0.05, 0) is 61.5 Å². The summed E-state index contributed by atoms with van der Waals surface area (Å²) < 4.78 is 93.2. The maximum absolute atomic E-state index is 14.5. The summed E-state index contributed by atoms with van der Waals surface area (Å²) in [6.45, 7) is 0.174. The molecular formula is C23H26F7NO2. The Balaban J connectivity index is 1.52. The molecule has 0 bridgehead atoms. The van der Waals surface area contributed by atoms with E-state index in [4.69, 9.17) is 0 Å². The molecule has 0 radical (unpaired) electrons. The van der Waals surface area contributed by atoms with E-state index in [1.54, 1.807) is 0 Å². The van der Waals surface area contributed by atoms with Gasteiger partial charge in [-0.2, -0.15) is 26.3 Å². The summed E-state index contributed by atoms with van der Waals surface area (Å²) in [5, 5.41) is 13.3. The van der Waals surface area contributed by atoms with E-state index in [2.05, 4.69) is 5.32 Å². The summed E-state index contributed by atoms with van der Waals surface area (Å²) in [6, 6.07) is 2.43. The van der Waals surface area contributed by atoms with Gasteiger partial charge in [0.15, 0.2) is 0 Å². The predicted molar refractivity (Wildman–Crippen MR) is 105 cm³/mol. The van der Waals surface area contributed by atoms with Gasteiger partial charge in [-0.15, -0.1) is 0 Å². The number of nitrogens with one attached hydrogen (secondary N) is 1. The third-order valence-electron chi connectivity index (χ3n) is 7.75. The molecule has 0 saturated heterocycles. The van der Waals surface area contributed by atoms with Crippen LogP contribution in [0.15, 0.2) is 18.2 Å². The molecule has 4 rings (SSSR count). The zero-order valence-corrected chi connectivity index (χ0v) is 17.8. The lowest BCUT2D eigenvalue weighted by Gasteiger charge is -2.34. The van der Waals surface area contributed by atoms with Crippen molar-refractivity contribution in [1.82, 2.24) is 5.32 Å². The van der Waals surface area contributed by atoms with Crippen molar-refractivity contribution in [3.63, 3.8) is 0 Å². The Morgan fingerprint density at radius 1 is 1.00 bits per heavy atom. The maximum atomic E-state index is 14.5. The van der Waals surface area contributed by atoms with Gasteiger partial charge in [-0.25, -0.2) is 4.39 Å². The Kier molecular flexibility index (Phi) is 5.98. The number of fused-ring (bicyclic) bond motifs is 3. The van der Waals surface area contributed by atoms with Gasteiger partial charge in [0.05, 0.1) is 5.60 Å². The smallest absolute Gasteiger partial charge is 0.388 e. The highest BCUT2D eigenvalue weighted by Gasteiger charge is 2.73. The van der Waals surface area contributed by atoms with Gasteiger partial charge in [-0.3, -0.25) is 4.79 Å². The van der Waals surface area contributed by atoms with Crippen molar-refractivity contribution in [2.24, 2.45) is 11.8 Å². The highest BCUT2D eigenvalue weighted by Crippen LogP contribution is 2.55. The van der Waals surface area contributed by atoms with Crippen LogP contribution < -0.4 is 5.32 Å². The van der Waals surface area contributed by atoms with E-state index in [1.165, 1.54) is 0 Å². The van der Waals surface area contributed by atoms with E-state index in [0.717, 1.165) is 18.9 Å². The Labute approximate surface area is 186 Å². The number of hydrogen-bond acceptors (Lipinski definition) is 2. The van der Waals surface area contributed by atoms with Gasteiger partial charge in [0.25, 0.3) is 0 Å². The van der Waals surface area contributed by atoms with Crippen LogP contribution in [0.1, 0.15) is 67.6 Å². The maximum Gasteiger partial charge on any atom is 0.435 e. The van der Waals surface area contributed by atoms with Crippen molar-refractivity contribution >= 4 is 5.91 Å². The molecule has 1 amide bonds. The van der Waals surface area contributed by atoms with E-state index < -0.39 is 29.2 Å². The number of aryl methyl sites for hydroxylation is 1. The fourth-order valence-corrected chi connectivity index (χ4v) is 5.98. The van der Waals surface area contributed by atoms with E-state index >= 15 is 0 Å². The minimum atomic E-state index is -6.14. The fraction of sp³-hybridized carbons (Fsp3) is 0.696. The standard InChI is InChI=1S/C23H26F7NO2/c24-21(22(25,26)27,23(28,29)30)14-4-6-15-13(11-14)3-5-17-16(15)7-8-18(17)19(32)31-12-20(33)9-1-2-10-20/h4,6,11,16-18,33H,1-3,5,7-10,12H2,(H,31,32)/t16-,17+,18+/m0/s1. The number of aliphatic hydroxyl groups is 1. The van der Waals surface area contributed by atoms with Crippen molar-refractivity contribution in [3.8, 4) is 0 Å². The molecule has 0 unspecified atom stereocenters. The van der Waals surface area contributed by atoms with Crippen molar-refractivity contribution in [3.05, 3.63) is 34.9 Å². The van der Waals surface area contributed by atoms with E-state index in [-0.39, 0.29) is 42.2 Å². The van der Waals surface area contributed by atoms with Gasteiger partial charge in [0.1, 0.15) is 0 Å². The second-order valence-electron chi connectivity index (χ2n) is 9.71. The van der Waals surface area contributed by atoms with Crippen LogP contribution in [0.3, 0.4) is 0 Å². The molecule has 2 saturated carbocycles. The number of hydrogen-bond donors (Lipinski definition) is 2. The van der Waals surface area contributed by atoms with Crippen LogP contribution in [0.25, 0.3) is 0 Å². The Hall–Kier alpha value is -1.84. The van der Waals surface area contributed by atoms with Crippen molar-refractivity contribution in [1.29, 1.82) is 0 Å². The van der Waals surface area contributed by atoms with Crippen LogP contribution in [0.5, 0.6) is 0 Å². The van der Waals surface area contributed by atoms with Crippen LogP contribution in [-0.2, 0) is 16.9 Å². The summed E-state index contributed by atoms with van der Waals surface area (Å²) >= 11 is 0. The number of rotatable bonds is 4. The molecule has 2 N–H and O–H groups in total. The predicted octanol–water partition coefficient (Wildman–Crippen LogP) is 5.45. The van der Waals surface area contributed by atoms with E-state index in [1.807, 2.05) is 0 Å². The first-order valence-electron chi connectivity index (χ1n) is 11.2. The van der Waals surface area contributed by atoms with Gasteiger partial charge < -0.3 is 10.4 Å². The molecule has 184 valence electrons. The van der Waals surface area contributed by atoms with Crippen LogP contribution in [-0.4, -0.2) is 35.5 Å². The second-order valence-corrected chi connectivity index (χ2v) is 9.71. The molecule has 0 heterocycles. The van der Waals surface area contributed by atoms with Gasteiger partial charge in [0.2, 0.25) is 5.91 Å². The van der Waals surface area contributed by atoms with Crippen LogP contribution in [0.4, 0.5) is 30.7 Å². The van der Waals surface area contributed by atoms with Gasteiger partial charge in [-0.1, -0.05) is 31.0 Å². The number of amides is 1. The largest absolute Gasteiger partial charge is 0.435 e. The van der Waals surface area contributed by atoms with Crippen molar-refractivity contribution in [2.45, 2.75) is 80.9 Å². The molecule has 2 fully saturated rings. The summed E-state index contributed by atoms with van der Waals surface area (Å²) in [5.41, 5.74) is -6.93. The number of carbonyl (C=O) groups is 1. The lowest BCUT2D eigenvalue weighted by Crippen LogP contribution is -2.50. The molecule has 3 atom stereocenters. The molecule has 3 aliphatic carbocycles. The highest BCUT2D eigenvalue weighted by atomic mass is 19.4. The first-order valence-corrected chi connectivity index (χ1v) is 11.2. The van der Waals surface area contributed by atoms with Crippen LogP contribution >= 0.6 is 0 Å². The van der Waals surface area contributed by atoms with E-state index in [0.29, 0.717) is 49.8 Å². The monoisotopic (exact) mass is 481 g/mol. The third-order valence-corrected chi connectivity index (χ3v) is 7.75.